The van der Waals surface area contributed by atoms with Crippen LogP contribution in [0.5, 0.6) is 5.88 Å². The van der Waals surface area contributed by atoms with Crippen LogP contribution in [0.4, 0.5) is 4.39 Å². The van der Waals surface area contributed by atoms with E-state index in [4.69, 9.17) is 9.88 Å². The van der Waals surface area contributed by atoms with Gasteiger partial charge in [0.15, 0.2) is 0 Å². The van der Waals surface area contributed by atoms with Gasteiger partial charge in [-0.3, -0.25) is 0 Å². The molecule has 2 aromatic rings. The number of hydrogen-bond donors (Lipinski definition) is 3. The zero-order valence-electron chi connectivity index (χ0n) is 14.4. The number of halogens is 1. The Kier molecular flexibility index (Phi) is 4.64. The lowest BCUT2D eigenvalue weighted by molar-refractivity contribution is 0.190. The third kappa shape index (κ3) is 3.50. The van der Waals surface area contributed by atoms with Crippen molar-refractivity contribution in [2.75, 3.05) is 13.1 Å². The van der Waals surface area contributed by atoms with Gasteiger partial charge >= 0.3 is 0 Å². The number of aromatic nitrogens is 2. The number of nitrogens with zero attached hydrogens (tertiary/aromatic N) is 4. The molecule has 0 saturated carbocycles. The Morgan fingerprint density at radius 1 is 1.46 bits per heavy atom. The van der Waals surface area contributed by atoms with Crippen molar-refractivity contribution < 1.29 is 27.4 Å². The summed E-state index contributed by atoms with van der Waals surface area (Å²) in [6.07, 6.45) is 0.501. The zero-order valence-corrected chi connectivity index (χ0v) is 15.3. The number of nitrogens with two attached hydrogens (primary N) is 1. The Bertz CT molecular complexity index is 1030. The monoisotopic (exact) mass is 412 g/mol. The Labute approximate surface area is 159 Å². The average Bonchev–Trinajstić information content (AvgIpc) is 3.28. The smallest absolute Gasteiger partial charge is 0.287 e. The van der Waals surface area contributed by atoms with Gasteiger partial charge in [0.25, 0.3) is 16.1 Å². The molecular formula is C15H17FN6O5S. The summed E-state index contributed by atoms with van der Waals surface area (Å²) in [5, 5.41) is 28.0. The molecule has 11 nitrogen and oxygen atoms in total. The topological polar surface area (TPSA) is 156 Å². The molecule has 1 fully saturated rings. The quantitative estimate of drug-likeness (QED) is 0.266. The predicted molar refractivity (Wildman–Crippen MR) is 92.3 cm³/mol. The van der Waals surface area contributed by atoms with Crippen LogP contribution in [-0.2, 0) is 16.6 Å². The SMILES string of the molecule is NS(=O)(=O)N1CC[C@H](Oc2nonc2/C(=N\O)N[C@H]2Cc3ccc(F)cc32)C1. The maximum atomic E-state index is 13.4. The highest BCUT2D eigenvalue weighted by Crippen LogP contribution is 2.34. The van der Waals surface area contributed by atoms with E-state index in [1.165, 1.54) is 12.1 Å². The molecule has 0 spiro atoms. The maximum absolute atomic E-state index is 13.4. The summed E-state index contributed by atoms with van der Waals surface area (Å²) in [5.74, 6) is -0.474. The van der Waals surface area contributed by atoms with Gasteiger partial charge in [-0.2, -0.15) is 12.7 Å². The van der Waals surface area contributed by atoms with Gasteiger partial charge in [-0.05, 0) is 46.4 Å². The molecule has 13 heteroatoms. The molecule has 28 heavy (non-hydrogen) atoms. The fourth-order valence-electron chi connectivity index (χ4n) is 3.30. The molecule has 0 amide bonds. The Balaban J connectivity index is 1.46. The summed E-state index contributed by atoms with van der Waals surface area (Å²) < 4.78 is 47.7. The third-order valence-corrected chi connectivity index (χ3v) is 5.80. The van der Waals surface area contributed by atoms with E-state index in [0.717, 1.165) is 15.4 Å². The van der Waals surface area contributed by atoms with E-state index >= 15 is 0 Å². The highest BCUT2D eigenvalue weighted by molar-refractivity contribution is 7.86. The standard InChI is InChI=1S/C15H17FN6O5S/c16-9-2-1-8-5-12(11(8)6-9)18-14(19-23)13-15(21-27-20-13)26-10-3-4-22(7-10)28(17,24)25/h1-2,6,10,12,23H,3-5,7H2,(H,18,19)(H2,17,24,25)/t10-,12-/m0/s1. The number of hydrogen-bond acceptors (Lipinski definition) is 8. The molecule has 4 rings (SSSR count). The van der Waals surface area contributed by atoms with Crippen molar-refractivity contribution in [1.29, 1.82) is 0 Å². The van der Waals surface area contributed by atoms with E-state index in [2.05, 4.69) is 25.4 Å². The molecule has 2 aliphatic rings. The molecule has 1 aliphatic carbocycles. The lowest BCUT2D eigenvalue weighted by Crippen LogP contribution is -2.37. The van der Waals surface area contributed by atoms with Crippen LogP contribution in [0.1, 0.15) is 29.3 Å². The summed E-state index contributed by atoms with van der Waals surface area (Å²) in [7, 11) is -3.80. The number of rotatable bonds is 5. The van der Waals surface area contributed by atoms with Gasteiger partial charge in [-0.1, -0.05) is 11.2 Å². The second kappa shape index (κ2) is 7.00. The molecule has 1 saturated heterocycles. The lowest BCUT2D eigenvalue weighted by Gasteiger charge is -2.31. The van der Waals surface area contributed by atoms with Crippen molar-refractivity contribution in [2.45, 2.75) is 25.0 Å². The zero-order chi connectivity index (χ0) is 19.9. The number of ether oxygens (including phenoxy) is 1. The molecule has 0 bridgehead atoms. The molecule has 1 aliphatic heterocycles. The van der Waals surface area contributed by atoms with Crippen molar-refractivity contribution in [3.8, 4) is 5.88 Å². The average molecular weight is 412 g/mol. The minimum Gasteiger partial charge on any atom is -0.469 e. The van der Waals surface area contributed by atoms with Gasteiger partial charge in [-0.25, -0.2) is 14.2 Å². The van der Waals surface area contributed by atoms with Crippen molar-refractivity contribution >= 4 is 16.0 Å². The minimum absolute atomic E-state index is 0.0152. The van der Waals surface area contributed by atoms with Crippen LogP contribution in [0.2, 0.25) is 0 Å². The molecule has 1 aromatic heterocycles. The van der Waals surface area contributed by atoms with Crippen molar-refractivity contribution in [3.63, 3.8) is 0 Å². The normalized spacial score (nSPS) is 22.6. The third-order valence-electron chi connectivity index (χ3n) is 4.75. The number of amidine groups is 1. The summed E-state index contributed by atoms with van der Waals surface area (Å²) in [4.78, 5) is 0. The summed E-state index contributed by atoms with van der Waals surface area (Å²) >= 11 is 0. The van der Waals surface area contributed by atoms with Crippen LogP contribution in [0.25, 0.3) is 0 Å². The first-order chi connectivity index (χ1) is 13.3. The lowest BCUT2D eigenvalue weighted by atomic mass is 9.83. The predicted octanol–water partition coefficient (Wildman–Crippen LogP) is -0.112. The molecule has 150 valence electrons. The van der Waals surface area contributed by atoms with Gasteiger partial charge < -0.3 is 15.3 Å². The summed E-state index contributed by atoms with van der Waals surface area (Å²) in [5.41, 5.74) is 1.75. The Morgan fingerprint density at radius 2 is 2.29 bits per heavy atom. The van der Waals surface area contributed by atoms with Gasteiger partial charge in [0.2, 0.25) is 11.5 Å². The van der Waals surface area contributed by atoms with Crippen LogP contribution in [0, 0.1) is 5.82 Å². The summed E-state index contributed by atoms with van der Waals surface area (Å²) in [6, 6.07) is 4.22. The molecule has 2 atom stereocenters. The highest BCUT2D eigenvalue weighted by atomic mass is 32.2. The molecule has 0 radical (unpaired) electrons. The Morgan fingerprint density at radius 3 is 3.00 bits per heavy atom. The molecule has 0 unspecified atom stereocenters. The van der Waals surface area contributed by atoms with Gasteiger partial charge in [0.05, 0.1) is 12.6 Å². The van der Waals surface area contributed by atoms with Gasteiger partial charge in [0.1, 0.15) is 11.9 Å². The van der Waals surface area contributed by atoms with Crippen molar-refractivity contribution in [3.05, 3.63) is 40.8 Å². The van der Waals surface area contributed by atoms with E-state index in [9.17, 15) is 18.0 Å². The largest absolute Gasteiger partial charge is 0.469 e. The van der Waals surface area contributed by atoms with Crippen molar-refractivity contribution in [1.82, 2.24) is 19.9 Å². The number of nitrogens with one attached hydrogen (secondary N) is 1. The van der Waals surface area contributed by atoms with Crippen LogP contribution in [0.15, 0.2) is 28.0 Å². The van der Waals surface area contributed by atoms with Crippen LogP contribution < -0.4 is 15.2 Å². The van der Waals surface area contributed by atoms with Crippen molar-refractivity contribution in [2.24, 2.45) is 10.3 Å². The van der Waals surface area contributed by atoms with Crippen LogP contribution in [0.3, 0.4) is 0 Å². The second-order valence-electron chi connectivity index (χ2n) is 6.54. The second-order valence-corrected chi connectivity index (χ2v) is 8.09. The molecular weight excluding hydrogens is 395 g/mol. The van der Waals surface area contributed by atoms with Gasteiger partial charge in [0, 0.05) is 6.54 Å². The Hall–Kier alpha value is -2.77. The van der Waals surface area contributed by atoms with E-state index < -0.39 is 16.3 Å². The molecule has 4 N–H and O–H groups in total. The fourth-order valence-corrected chi connectivity index (χ4v) is 4.03. The number of oxime groups is 1. The van der Waals surface area contributed by atoms with Gasteiger partial charge in [-0.15, -0.1) is 0 Å². The van der Waals surface area contributed by atoms with E-state index in [1.807, 2.05) is 0 Å². The number of benzene rings is 1. The fraction of sp³-hybridized carbons (Fsp3) is 0.400. The molecule has 2 heterocycles. The molecule has 1 aromatic carbocycles. The first kappa shape index (κ1) is 18.6. The highest BCUT2D eigenvalue weighted by Gasteiger charge is 2.34. The maximum Gasteiger partial charge on any atom is 0.287 e. The van der Waals surface area contributed by atoms with Crippen LogP contribution in [-0.4, -0.2) is 53.3 Å². The summed E-state index contributed by atoms with van der Waals surface area (Å²) in [6.45, 7) is 0.271. The minimum atomic E-state index is -3.80. The van der Waals surface area contributed by atoms with E-state index in [0.29, 0.717) is 12.8 Å². The number of fused-ring (bicyclic) bond motifs is 1. The van der Waals surface area contributed by atoms with E-state index in [1.54, 1.807) is 6.07 Å². The first-order valence-corrected chi connectivity index (χ1v) is 9.90. The first-order valence-electron chi connectivity index (χ1n) is 8.39. The van der Waals surface area contributed by atoms with Crippen LogP contribution >= 0.6 is 0 Å². The van der Waals surface area contributed by atoms with E-state index in [-0.39, 0.29) is 42.4 Å².